The van der Waals surface area contributed by atoms with Gasteiger partial charge < -0.3 is 29.2 Å². The van der Waals surface area contributed by atoms with Crippen molar-refractivity contribution in [3.8, 4) is 23.0 Å². The predicted octanol–water partition coefficient (Wildman–Crippen LogP) is 3.30. The van der Waals surface area contributed by atoms with Gasteiger partial charge in [0.15, 0.2) is 5.78 Å². The van der Waals surface area contributed by atoms with E-state index in [1.165, 1.54) is 26.0 Å². The van der Waals surface area contributed by atoms with Crippen LogP contribution in [0.15, 0.2) is 27.4 Å². The summed E-state index contributed by atoms with van der Waals surface area (Å²) >= 11 is 0. The minimum Gasteiger partial charge on any atom is -0.507 e. The van der Waals surface area contributed by atoms with Gasteiger partial charge in [0.2, 0.25) is 11.5 Å². The highest BCUT2D eigenvalue weighted by atomic mass is 16.6. The quantitative estimate of drug-likeness (QED) is 0.140. The van der Waals surface area contributed by atoms with Crippen molar-refractivity contribution in [2.24, 2.45) is 0 Å². The number of fused-ring (bicyclic) bond motifs is 1. The minimum atomic E-state index is -1.35. The third-order valence-corrected chi connectivity index (χ3v) is 5.66. The zero-order valence-electron chi connectivity index (χ0n) is 20.5. The van der Waals surface area contributed by atoms with Gasteiger partial charge in [0, 0.05) is 17.2 Å². The van der Waals surface area contributed by atoms with E-state index in [0.29, 0.717) is 6.42 Å². The third kappa shape index (κ3) is 5.34. The highest BCUT2D eigenvalue weighted by Gasteiger charge is 2.28. The molecule has 1 heterocycles. The number of carbonyl (C=O) groups is 1. The first-order valence-corrected chi connectivity index (χ1v) is 11.3. The second-order valence-electron chi connectivity index (χ2n) is 8.35. The normalized spacial score (nSPS) is 11.8. The van der Waals surface area contributed by atoms with Crippen LogP contribution in [0, 0.1) is 27.2 Å². The average molecular weight is 532 g/mol. The summed E-state index contributed by atoms with van der Waals surface area (Å²) in [5, 5.41) is 53.6. The summed E-state index contributed by atoms with van der Waals surface area (Å²) in [7, 11) is 0. The van der Waals surface area contributed by atoms with E-state index >= 15 is 0 Å². The molecule has 0 fully saturated rings. The molecule has 14 heteroatoms. The molecule has 1 aromatic heterocycles. The van der Waals surface area contributed by atoms with Crippen molar-refractivity contribution in [1.82, 2.24) is 0 Å². The van der Waals surface area contributed by atoms with Crippen LogP contribution in [-0.4, -0.2) is 50.3 Å². The van der Waals surface area contributed by atoms with Gasteiger partial charge in [-0.2, -0.15) is 0 Å². The largest absolute Gasteiger partial charge is 0.507 e. The Kier molecular flexibility index (Phi) is 8.16. The highest BCUT2D eigenvalue weighted by molar-refractivity contribution is 5.98. The number of carbonyl (C=O) groups excluding carboxylic acids is 1. The number of rotatable bonds is 11. The maximum absolute atomic E-state index is 11.9. The van der Waals surface area contributed by atoms with Crippen molar-refractivity contribution >= 4 is 28.1 Å². The number of aliphatic hydroxyl groups excluding tert-OH is 1. The molecule has 0 spiro atoms. The van der Waals surface area contributed by atoms with Gasteiger partial charge in [0.1, 0.15) is 36.4 Å². The Balaban J connectivity index is 1.83. The number of nitrogens with zero attached hydrogens (tertiary/aromatic N) is 2. The zero-order valence-corrected chi connectivity index (χ0v) is 20.5. The lowest BCUT2D eigenvalue weighted by Gasteiger charge is -2.18. The topological polar surface area (TPSA) is 213 Å². The first-order chi connectivity index (χ1) is 17.9. The van der Waals surface area contributed by atoms with E-state index in [-0.39, 0.29) is 52.2 Å². The Morgan fingerprint density at radius 1 is 1.11 bits per heavy atom. The molecule has 1 atom stereocenters. The summed E-state index contributed by atoms with van der Waals surface area (Å²) in [4.78, 5) is 44.6. The van der Waals surface area contributed by atoms with Gasteiger partial charge in [0.05, 0.1) is 20.8 Å². The Hall–Kier alpha value is -4.72. The lowest BCUT2D eigenvalue weighted by molar-refractivity contribution is -0.388. The van der Waals surface area contributed by atoms with E-state index in [1.807, 2.05) is 0 Å². The summed E-state index contributed by atoms with van der Waals surface area (Å²) in [6.07, 6.45) is -0.682. The van der Waals surface area contributed by atoms with Crippen LogP contribution in [0.2, 0.25) is 0 Å². The summed E-state index contributed by atoms with van der Waals surface area (Å²) in [6, 6.07) is 3.50. The molecule has 2 aromatic carbocycles. The first-order valence-electron chi connectivity index (χ1n) is 11.3. The molecule has 0 radical (unpaired) electrons. The highest BCUT2D eigenvalue weighted by Crippen LogP contribution is 2.41. The molecule has 3 N–H and O–H groups in total. The maximum atomic E-state index is 11.9. The number of hydrogen-bond acceptors (Lipinski definition) is 12. The fraction of sp³-hybridized carbons (Fsp3) is 0.333. The van der Waals surface area contributed by atoms with E-state index in [9.17, 15) is 45.1 Å². The van der Waals surface area contributed by atoms with Gasteiger partial charge in [-0.3, -0.25) is 25.0 Å². The van der Waals surface area contributed by atoms with Crippen molar-refractivity contribution in [2.45, 2.75) is 39.7 Å². The van der Waals surface area contributed by atoms with Crippen molar-refractivity contribution in [3.63, 3.8) is 0 Å². The van der Waals surface area contributed by atoms with Gasteiger partial charge in [-0.25, -0.2) is 4.79 Å². The van der Waals surface area contributed by atoms with Crippen LogP contribution in [0.5, 0.6) is 23.0 Å². The number of hydrogen-bond donors (Lipinski definition) is 3. The van der Waals surface area contributed by atoms with Crippen molar-refractivity contribution in [1.29, 1.82) is 0 Å². The monoisotopic (exact) mass is 532 g/mol. The molecule has 14 nitrogen and oxygen atoms in total. The number of phenols is 1. The zero-order chi connectivity index (χ0) is 28.3. The third-order valence-electron chi connectivity index (χ3n) is 5.66. The molecule has 0 saturated heterocycles. The molecule has 38 heavy (non-hydrogen) atoms. The standard InChI is InChI=1S/C24H24N2O12/c1-4-5-14-20(29)16(12(3)27)8-17(25(32)33)23(14)37-10-13(28)9-36-18-7-6-15-21(30)19(26(34)35)24(31)38-22(15)11(18)2/h6-8,13,28-30H,4-5,9-10H2,1-3H3. The van der Waals surface area contributed by atoms with Gasteiger partial charge in [-0.15, -0.1) is 0 Å². The lowest BCUT2D eigenvalue weighted by Crippen LogP contribution is -2.26. The molecule has 0 aliphatic heterocycles. The van der Waals surface area contributed by atoms with Crippen LogP contribution in [0.1, 0.15) is 41.8 Å². The summed E-state index contributed by atoms with van der Waals surface area (Å²) in [5.74, 6) is -2.00. The van der Waals surface area contributed by atoms with Gasteiger partial charge in [0.25, 0.3) is 0 Å². The summed E-state index contributed by atoms with van der Waals surface area (Å²) in [5.41, 5.74) is -3.08. The molecule has 0 aliphatic rings. The Morgan fingerprint density at radius 3 is 2.34 bits per heavy atom. The van der Waals surface area contributed by atoms with E-state index in [2.05, 4.69) is 0 Å². The smallest absolute Gasteiger partial charge is 0.419 e. The van der Waals surface area contributed by atoms with E-state index < -0.39 is 56.8 Å². The average Bonchev–Trinajstić information content (AvgIpc) is 2.83. The molecule has 0 saturated carbocycles. The second kappa shape index (κ2) is 11.1. The van der Waals surface area contributed by atoms with Gasteiger partial charge >= 0.3 is 17.0 Å². The van der Waals surface area contributed by atoms with Crippen LogP contribution in [0.25, 0.3) is 11.0 Å². The van der Waals surface area contributed by atoms with E-state index in [0.717, 1.165) is 6.07 Å². The predicted molar refractivity (Wildman–Crippen MR) is 131 cm³/mol. The van der Waals surface area contributed by atoms with Crippen molar-refractivity contribution < 1.29 is 43.9 Å². The lowest BCUT2D eigenvalue weighted by atomic mass is 10.00. The molecule has 0 amide bonds. The first kappa shape index (κ1) is 27.9. The summed E-state index contributed by atoms with van der Waals surface area (Å²) < 4.78 is 16.1. The number of nitro groups is 2. The Morgan fingerprint density at radius 2 is 1.76 bits per heavy atom. The van der Waals surface area contributed by atoms with Crippen molar-refractivity contribution in [3.05, 3.63) is 65.5 Å². The molecule has 3 aromatic rings. The fourth-order valence-electron chi connectivity index (χ4n) is 3.83. The van der Waals surface area contributed by atoms with Crippen LogP contribution < -0.4 is 15.1 Å². The number of nitro benzene ring substituents is 1. The van der Waals surface area contributed by atoms with E-state index in [4.69, 9.17) is 13.9 Å². The number of phenolic OH excluding ortho intramolecular Hbond substituents is 1. The maximum Gasteiger partial charge on any atom is 0.419 e. The number of aryl methyl sites for hydroxylation is 1. The van der Waals surface area contributed by atoms with Crippen LogP contribution in [0.3, 0.4) is 0 Å². The molecule has 0 aliphatic carbocycles. The Labute approximate surface area is 213 Å². The molecular weight excluding hydrogens is 508 g/mol. The van der Waals surface area contributed by atoms with Crippen molar-refractivity contribution in [2.75, 3.05) is 13.2 Å². The molecule has 0 bridgehead atoms. The number of ketones is 1. The van der Waals surface area contributed by atoms with Gasteiger partial charge in [-0.1, -0.05) is 13.3 Å². The molecular formula is C24H24N2O12. The molecule has 3 rings (SSSR count). The number of ether oxygens (including phenoxy) is 2. The van der Waals surface area contributed by atoms with Gasteiger partial charge in [-0.05, 0) is 32.4 Å². The molecule has 1 unspecified atom stereocenters. The Bertz CT molecular complexity index is 1490. The second-order valence-corrected chi connectivity index (χ2v) is 8.35. The van der Waals surface area contributed by atoms with Crippen LogP contribution >= 0.6 is 0 Å². The fourth-order valence-corrected chi connectivity index (χ4v) is 3.83. The number of aliphatic hydroxyl groups is 1. The minimum absolute atomic E-state index is 0.0642. The SMILES string of the molecule is CCCc1c(O)c(C(C)=O)cc([N+](=O)[O-])c1OCC(O)COc1ccc2c(O)c([N+](=O)[O-])c(=O)oc2c1C. The van der Waals surface area contributed by atoms with Crippen LogP contribution in [-0.2, 0) is 6.42 Å². The number of benzene rings is 2. The van der Waals surface area contributed by atoms with Crippen LogP contribution in [0.4, 0.5) is 11.4 Å². The molecule has 202 valence electrons. The number of aromatic hydroxyl groups is 2. The summed E-state index contributed by atoms with van der Waals surface area (Å²) in [6.45, 7) is 3.53. The van der Waals surface area contributed by atoms with E-state index in [1.54, 1.807) is 6.92 Å². The number of Topliss-reactive ketones (excluding diaryl/α,β-unsaturated/α-hetero) is 1.